The Balaban J connectivity index is 2.29. The number of pyridine rings is 1. The van der Waals surface area contributed by atoms with Gasteiger partial charge in [0.25, 0.3) is 10.0 Å². The molecular formula is C11H15N5O2S. The van der Waals surface area contributed by atoms with E-state index in [-0.39, 0.29) is 11.0 Å². The predicted octanol–water partition coefficient (Wildman–Crippen LogP) is 1.43. The second-order valence-corrected chi connectivity index (χ2v) is 5.42. The zero-order valence-electron chi connectivity index (χ0n) is 10.4. The molecule has 0 atom stereocenters. The monoisotopic (exact) mass is 281 g/mol. The molecule has 0 aliphatic carbocycles. The van der Waals surface area contributed by atoms with Crippen molar-refractivity contribution >= 4 is 21.7 Å². The summed E-state index contributed by atoms with van der Waals surface area (Å²) in [6.07, 6.45) is 5.33. The van der Waals surface area contributed by atoms with E-state index in [0.717, 1.165) is 6.42 Å². The molecule has 102 valence electrons. The topological polar surface area (TPSA) is 99.8 Å². The molecule has 0 saturated carbocycles. The molecule has 0 bridgehead atoms. The lowest BCUT2D eigenvalue weighted by atomic mass is 10.4. The third-order valence-corrected chi connectivity index (χ3v) is 3.62. The highest BCUT2D eigenvalue weighted by molar-refractivity contribution is 7.92. The maximum Gasteiger partial charge on any atom is 0.283 e. The number of rotatable bonds is 6. The molecule has 0 spiro atoms. The van der Waals surface area contributed by atoms with E-state index >= 15 is 0 Å². The van der Waals surface area contributed by atoms with Crippen LogP contribution in [0.25, 0.3) is 0 Å². The molecule has 2 heterocycles. The minimum Gasteiger partial charge on any atom is -0.383 e. The third kappa shape index (κ3) is 3.22. The summed E-state index contributed by atoms with van der Waals surface area (Å²) in [5, 5.41) is 2.99. The van der Waals surface area contributed by atoms with Gasteiger partial charge >= 0.3 is 0 Å². The number of H-pyrrole nitrogens is 1. The first-order valence-corrected chi connectivity index (χ1v) is 7.33. The predicted molar refractivity (Wildman–Crippen MR) is 72.4 cm³/mol. The summed E-state index contributed by atoms with van der Waals surface area (Å²) in [5.74, 6) is 0.159. The molecule has 0 amide bonds. The zero-order chi connectivity index (χ0) is 13.7. The summed E-state index contributed by atoms with van der Waals surface area (Å²) in [6.45, 7) is 2.67. The summed E-state index contributed by atoms with van der Waals surface area (Å²) in [6, 6.07) is 3.36. The summed E-state index contributed by atoms with van der Waals surface area (Å²) >= 11 is 0. The van der Waals surface area contributed by atoms with Gasteiger partial charge in [-0.2, -0.15) is 8.42 Å². The van der Waals surface area contributed by atoms with Crippen molar-refractivity contribution in [1.29, 1.82) is 0 Å². The minimum absolute atomic E-state index is 0.0418. The number of nitrogens with zero attached hydrogens (tertiary/aromatic N) is 2. The van der Waals surface area contributed by atoms with Crippen molar-refractivity contribution in [3.8, 4) is 0 Å². The lowest BCUT2D eigenvalue weighted by Crippen LogP contribution is -2.17. The van der Waals surface area contributed by atoms with Crippen LogP contribution in [-0.2, 0) is 10.0 Å². The van der Waals surface area contributed by atoms with Crippen LogP contribution in [0.1, 0.15) is 13.3 Å². The molecule has 3 N–H and O–H groups in total. The first-order chi connectivity index (χ1) is 9.13. The van der Waals surface area contributed by atoms with Crippen LogP contribution >= 0.6 is 0 Å². The van der Waals surface area contributed by atoms with Gasteiger partial charge in [0.15, 0.2) is 5.03 Å². The van der Waals surface area contributed by atoms with E-state index < -0.39 is 10.0 Å². The molecule has 0 aliphatic heterocycles. The van der Waals surface area contributed by atoms with E-state index in [1.807, 2.05) is 6.92 Å². The van der Waals surface area contributed by atoms with E-state index in [0.29, 0.717) is 12.2 Å². The Kier molecular flexibility index (Phi) is 4.00. The first-order valence-electron chi connectivity index (χ1n) is 5.84. The lowest BCUT2D eigenvalue weighted by Gasteiger charge is -2.11. The van der Waals surface area contributed by atoms with Crippen LogP contribution in [0.4, 0.5) is 11.6 Å². The third-order valence-electron chi connectivity index (χ3n) is 2.32. The SMILES string of the molecule is CCCNc1cccnc1S(=O)(=O)Nc1ncc[nH]1. The van der Waals surface area contributed by atoms with Crippen molar-refractivity contribution in [3.05, 3.63) is 30.7 Å². The summed E-state index contributed by atoms with van der Waals surface area (Å²) in [5.41, 5.74) is 0.475. The average Bonchev–Trinajstić information content (AvgIpc) is 2.88. The van der Waals surface area contributed by atoms with Gasteiger partial charge in [-0.3, -0.25) is 0 Å². The van der Waals surface area contributed by atoms with E-state index in [1.54, 1.807) is 12.1 Å². The maximum absolute atomic E-state index is 12.2. The van der Waals surface area contributed by atoms with Crippen molar-refractivity contribution in [3.63, 3.8) is 0 Å². The highest BCUT2D eigenvalue weighted by atomic mass is 32.2. The molecule has 0 unspecified atom stereocenters. The minimum atomic E-state index is -3.76. The fourth-order valence-electron chi connectivity index (χ4n) is 1.50. The van der Waals surface area contributed by atoms with Crippen LogP contribution in [0, 0.1) is 0 Å². The van der Waals surface area contributed by atoms with Crippen molar-refractivity contribution in [2.45, 2.75) is 18.4 Å². The largest absolute Gasteiger partial charge is 0.383 e. The van der Waals surface area contributed by atoms with Crippen LogP contribution in [-0.4, -0.2) is 29.9 Å². The number of imidazole rings is 1. The van der Waals surface area contributed by atoms with Gasteiger partial charge in [0.05, 0.1) is 5.69 Å². The number of aromatic nitrogens is 3. The van der Waals surface area contributed by atoms with Gasteiger partial charge in [-0.1, -0.05) is 6.92 Å². The highest BCUT2D eigenvalue weighted by Crippen LogP contribution is 2.19. The number of aromatic amines is 1. The first kappa shape index (κ1) is 13.3. The molecular weight excluding hydrogens is 266 g/mol. The number of sulfonamides is 1. The number of hydrogen-bond acceptors (Lipinski definition) is 5. The highest BCUT2D eigenvalue weighted by Gasteiger charge is 2.20. The average molecular weight is 281 g/mol. The Morgan fingerprint density at radius 1 is 1.32 bits per heavy atom. The van der Waals surface area contributed by atoms with Crippen molar-refractivity contribution in [1.82, 2.24) is 15.0 Å². The van der Waals surface area contributed by atoms with Gasteiger partial charge in [0.1, 0.15) is 0 Å². The van der Waals surface area contributed by atoms with Crippen molar-refractivity contribution < 1.29 is 8.42 Å². The van der Waals surface area contributed by atoms with E-state index in [4.69, 9.17) is 0 Å². The van der Waals surface area contributed by atoms with Crippen LogP contribution in [0.15, 0.2) is 35.7 Å². The summed E-state index contributed by atoms with van der Waals surface area (Å²) < 4.78 is 26.8. The second kappa shape index (κ2) is 5.70. The lowest BCUT2D eigenvalue weighted by molar-refractivity contribution is 0.597. The fourth-order valence-corrected chi connectivity index (χ4v) is 2.59. The molecule has 2 rings (SSSR count). The smallest absolute Gasteiger partial charge is 0.283 e. The molecule has 2 aromatic rings. The van der Waals surface area contributed by atoms with Gasteiger partial charge in [-0.25, -0.2) is 14.7 Å². The quantitative estimate of drug-likeness (QED) is 0.743. The fraction of sp³-hybridized carbons (Fsp3) is 0.273. The molecule has 0 saturated heterocycles. The molecule has 19 heavy (non-hydrogen) atoms. The molecule has 7 nitrogen and oxygen atoms in total. The maximum atomic E-state index is 12.2. The molecule has 0 fully saturated rings. The normalized spacial score (nSPS) is 11.2. The molecule has 0 radical (unpaired) electrons. The van der Waals surface area contributed by atoms with Crippen molar-refractivity contribution in [2.75, 3.05) is 16.6 Å². The van der Waals surface area contributed by atoms with E-state index in [1.165, 1.54) is 18.6 Å². The number of anilines is 2. The zero-order valence-corrected chi connectivity index (χ0v) is 11.2. The molecule has 0 aromatic carbocycles. The standard InChI is InChI=1S/C11H15N5O2S/c1-2-5-12-9-4-3-6-13-10(9)19(17,18)16-11-14-7-8-15-11/h3-4,6-8,12H,2,5H2,1H3,(H2,14,15,16). The van der Waals surface area contributed by atoms with Crippen LogP contribution in [0.2, 0.25) is 0 Å². The van der Waals surface area contributed by atoms with E-state index in [2.05, 4.69) is 25.0 Å². The Hall–Kier alpha value is -2.09. The van der Waals surface area contributed by atoms with Gasteiger partial charge in [-0.05, 0) is 18.6 Å². The summed E-state index contributed by atoms with van der Waals surface area (Å²) in [7, 11) is -3.76. The van der Waals surface area contributed by atoms with Crippen molar-refractivity contribution in [2.24, 2.45) is 0 Å². The van der Waals surface area contributed by atoms with Gasteiger partial charge in [0, 0.05) is 25.1 Å². The molecule has 8 heteroatoms. The Morgan fingerprint density at radius 2 is 2.16 bits per heavy atom. The van der Waals surface area contributed by atoms with Crippen LogP contribution < -0.4 is 10.0 Å². The van der Waals surface area contributed by atoms with Crippen LogP contribution in [0.5, 0.6) is 0 Å². The molecule has 0 aliphatic rings. The summed E-state index contributed by atoms with van der Waals surface area (Å²) in [4.78, 5) is 10.4. The number of hydrogen-bond donors (Lipinski definition) is 3. The Labute approximate surface area is 111 Å². The van der Waals surface area contributed by atoms with Gasteiger partial charge < -0.3 is 10.3 Å². The van der Waals surface area contributed by atoms with Crippen LogP contribution in [0.3, 0.4) is 0 Å². The number of nitrogens with one attached hydrogen (secondary N) is 3. The van der Waals surface area contributed by atoms with E-state index in [9.17, 15) is 8.42 Å². The van der Waals surface area contributed by atoms with Gasteiger partial charge in [-0.15, -0.1) is 0 Å². The Morgan fingerprint density at radius 3 is 2.84 bits per heavy atom. The second-order valence-electron chi connectivity index (χ2n) is 3.83. The molecule has 2 aromatic heterocycles. The Bertz CT molecular complexity index is 624. The van der Waals surface area contributed by atoms with Gasteiger partial charge in [0.2, 0.25) is 5.95 Å².